The van der Waals surface area contributed by atoms with Gasteiger partial charge in [0, 0.05) is 18.6 Å². The standard InChI is InChI=1S/2C6H11NO5.Ca.V/c2*1-3(5(8)9)7(12)4(2)6(10)11;;/h2*3-4,12H,1-2H3,(H,8,9)(H,10,11);;/q;;+2;. The molecule has 145 valence electrons. The van der Waals surface area contributed by atoms with Crippen LogP contribution in [0.4, 0.5) is 0 Å². The van der Waals surface area contributed by atoms with Crippen LogP contribution in [0.3, 0.4) is 0 Å². The number of hydroxylamine groups is 4. The number of aliphatic carboxylic acids is 4. The third-order valence-electron chi connectivity index (χ3n) is 3.02. The van der Waals surface area contributed by atoms with E-state index in [1.54, 1.807) is 0 Å². The monoisotopic (exact) mass is 445 g/mol. The van der Waals surface area contributed by atoms with Crippen molar-refractivity contribution in [3.8, 4) is 0 Å². The zero-order chi connectivity index (χ0) is 19.8. The molecule has 4 atom stereocenters. The van der Waals surface area contributed by atoms with Gasteiger partial charge in [0.15, 0.2) is 0 Å². The summed E-state index contributed by atoms with van der Waals surface area (Å²) in [7, 11) is 0. The van der Waals surface area contributed by atoms with Crippen molar-refractivity contribution < 1.29 is 68.6 Å². The first-order valence-corrected chi connectivity index (χ1v) is 6.61. The van der Waals surface area contributed by atoms with Crippen LogP contribution < -0.4 is 0 Å². The molecule has 26 heavy (non-hydrogen) atoms. The van der Waals surface area contributed by atoms with Gasteiger partial charge < -0.3 is 30.8 Å². The average molecular weight is 445 g/mol. The van der Waals surface area contributed by atoms with Crippen molar-refractivity contribution in [1.82, 2.24) is 10.1 Å². The molecule has 0 spiro atoms. The Morgan fingerprint density at radius 3 is 0.769 bits per heavy atom. The number of carboxylic acid groups (broad SMARTS) is 4. The SMILES string of the molecule is CC(C(=O)O)N(O)C(C)C(=O)O.CC(C(=O)O)N(O)C(C)C(=O)O.[Ca+2].[V]. The third kappa shape index (κ3) is 12.0. The van der Waals surface area contributed by atoms with Crippen LogP contribution in [0.15, 0.2) is 0 Å². The fourth-order valence-corrected chi connectivity index (χ4v) is 1.12. The van der Waals surface area contributed by atoms with Gasteiger partial charge in [0.2, 0.25) is 0 Å². The van der Waals surface area contributed by atoms with Crippen molar-refractivity contribution in [2.75, 3.05) is 0 Å². The van der Waals surface area contributed by atoms with Gasteiger partial charge in [-0.3, -0.25) is 19.2 Å². The second-order valence-corrected chi connectivity index (χ2v) is 4.82. The van der Waals surface area contributed by atoms with Gasteiger partial charge in [0.1, 0.15) is 24.2 Å². The van der Waals surface area contributed by atoms with E-state index in [9.17, 15) is 19.2 Å². The first kappa shape index (κ1) is 33.2. The number of nitrogens with zero attached hydrogens (tertiary/aromatic N) is 2. The molecule has 0 fully saturated rings. The van der Waals surface area contributed by atoms with Gasteiger partial charge in [0.05, 0.1) is 0 Å². The van der Waals surface area contributed by atoms with Crippen LogP contribution in [-0.4, -0.2) is 127 Å². The predicted molar refractivity (Wildman–Crippen MR) is 81.4 cm³/mol. The normalized spacial score (nSPS) is 14.5. The van der Waals surface area contributed by atoms with Crippen molar-refractivity contribution in [3.05, 3.63) is 0 Å². The molecule has 0 aliphatic carbocycles. The Hall–Kier alpha value is -0.436. The number of carbonyl (C=O) groups is 4. The van der Waals surface area contributed by atoms with Gasteiger partial charge in [-0.2, -0.15) is 10.1 Å². The maximum Gasteiger partial charge on any atom is 2.00 e. The molecule has 0 aliphatic rings. The molecule has 0 heterocycles. The molecule has 0 aliphatic heterocycles. The largest absolute Gasteiger partial charge is 2.00 e. The molecular formula is C12H22CaN2O10V+2. The molecule has 1 radical (unpaired) electrons. The second kappa shape index (κ2) is 15.6. The minimum absolute atomic E-state index is 0. The van der Waals surface area contributed by atoms with Crippen LogP contribution in [0, 0.1) is 0 Å². The molecule has 4 unspecified atom stereocenters. The molecule has 0 saturated carbocycles. The quantitative estimate of drug-likeness (QED) is 0.194. The second-order valence-electron chi connectivity index (χ2n) is 4.82. The van der Waals surface area contributed by atoms with E-state index in [-0.39, 0.29) is 66.4 Å². The van der Waals surface area contributed by atoms with Gasteiger partial charge >= 0.3 is 61.6 Å². The van der Waals surface area contributed by atoms with E-state index in [1.165, 1.54) is 27.7 Å². The first-order valence-electron chi connectivity index (χ1n) is 6.61. The summed E-state index contributed by atoms with van der Waals surface area (Å²) in [5.41, 5.74) is 0. The van der Waals surface area contributed by atoms with E-state index in [2.05, 4.69) is 0 Å². The molecule has 0 aromatic heterocycles. The van der Waals surface area contributed by atoms with E-state index >= 15 is 0 Å². The molecule has 0 saturated heterocycles. The van der Waals surface area contributed by atoms with Crippen molar-refractivity contribution in [1.29, 1.82) is 0 Å². The number of carboxylic acids is 4. The fourth-order valence-electron chi connectivity index (χ4n) is 1.12. The summed E-state index contributed by atoms with van der Waals surface area (Å²) >= 11 is 0. The van der Waals surface area contributed by atoms with Crippen LogP contribution in [0.5, 0.6) is 0 Å². The molecule has 0 aromatic rings. The Bertz CT molecular complexity index is 399. The molecule has 0 rings (SSSR count). The Morgan fingerprint density at radius 1 is 0.577 bits per heavy atom. The molecule has 0 bridgehead atoms. The van der Waals surface area contributed by atoms with Gasteiger partial charge in [-0.15, -0.1) is 0 Å². The first-order chi connectivity index (χ1) is 10.7. The summed E-state index contributed by atoms with van der Waals surface area (Å²) in [5.74, 6) is -5.09. The molecule has 12 nitrogen and oxygen atoms in total. The van der Waals surface area contributed by atoms with E-state index in [1.807, 2.05) is 0 Å². The zero-order valence-electron chi connectivity index (χ0n) is 14.7. The summed E-state index contributed by atoms with van der Waals surface area (Å²) in [6.45, 7) is 4.78. The Labute approximate surface area is 191 Å². The number of hydrogen-bond acceptors (Lipinski definition) is 8. The van der Waals surface area contributed by atoms with Crippen molar-refractivity contribution in [2.24, 2.45) is 0 Å². The number of hydrogen-bond donors (Lipinski definition) is 6. The van der Waals surface area contributed by atoms with Gasteiger partial charge in [0.25, 0.3) is 0 Å². The maximum atomic E-state index is 10.3. The minimum Gasteiger partial charge on any atom is -0.480 e. The van der Waals surface area contributed by atoms with Crippen molar-refractivity contribution >= 4 is 61.6 Å². The Kier molecular flexibility index (Phi) is 19.9. The summed E-state index contributed by atoms with van der Waals surface area (Å²) < 4.78 is 0. The molecular weight excluding hydrogens is 423 g/mol. The average Bonchev–Trinajstić information content (AvgIpc) is 2.50. The van der Waals surface area contributed by atoms with E-state index in [0.717, 1.165) is 0 Å². The summed E-state index contributed by atoms with van der Waals surface area (Å²) in [6, 6.07) is -4.90. The van der Waals surface area contributed by atoms with Crippen LogP contribution in [0.2, 0.25) is 0 Å². The van der Waals surface area contributed by atoms with Crippen LogP contribution in [0.25, 0.3) is 0 Å². The number of rotatable bonds is 8. The van der Waals surface area contributed by atoms with E-state index < -0.39 is 48.0 Å². The Balaban J connectivity index is -0.000000173. The van der Waals surface area contributed by atoms with Gasteiger partial charge in [-0.05, 0) is 27.7 Å². The Morgan fingerprint density at radius 2 is 0.692 bits per heavy atom. The summed E-state index contributed by atoms with van der Waals surface area (Å²) in [5, 5.41) is 52.1. The predicted octanol–water partition coefficient (Wildman–Crippen LogP) is -1.14. The maximum absolute atomic E-state index is 10.3. The molecule has 6 N–H and O–H groups in total. The molecule has 0 aromatic carbocycles. The minimum atomic E-state index is -1.27. The van der Waals surface area contributed by atoms with Gasteiger partial charge in [-0.25, -0.2) is 0 Å². The van der Waals surface area contributed by atoms with Crippen LogP contribution in [-0.2, 0) is 37.7 Å². The van der Waals surface area contributed by atoms with Crippen LogP contribution >= 0.6 is 0 Å². The van der Waals surface area contributed by atoms with E-state index in [0.29, 0.717) is 0 Å². The topological polar surface area (TPSA) is 196 Å². The zero-order valence-corrected chi connectivity index (χ0v) is 18.3. The smallest absolute Gasteiger partial charge is 0.480 e. The molecule has 0 amide bonds. The molecule has 14 heteroatoms. The van der Waals surface area contributed by atoms with Crippen molar-refractivity contribution in [3.63, 3.8) is 0 Å². The third-order valence-corrected chi connectivity index (χ3v) is 3.02. The van der Waals surface area contributed by atoms with Crippen LogP contribution in [0.1, 0.15) is 27.7 Å². The van der Waals surface area contributed by atoms with Gasteiger partial charge in [-0.1, -0.05) is 0 Å². The van der Waals surface area contributed by atoms with Crippen molar-refractivity contribution in [2.45, 2.75) is 51.9 Å². The van der Waals surface area contributed by atoms with E-state index in [4.69, 9.17) is 30.8 Å². The summed E-state index contributed by atoms with van der Waals surface area (Å²) in [6.07, 6.45) is 0. The summed E-state index contributed by atoms with van der Waals surface area (Å²) in [4.78, 5) is 41.1. The fraction of sp³-hybridized carbons (Fsp3) is 0.667.